The average Bonchev–Trinajstić information content (AvgIpc) is 2.65. The third-order valence-corrected chi connectivity index (χ3v) is 6.88. The van der Waals surface area contributed by atoms with Crippen molar-refractivity contribution in [2.45, 2.75) is 44.7 Å². The molecule has 0 bridgehead atoms. The van der Waals surface area contributed by atoms with Gasteiger partial charge in [-0.25, -0.2) is 8.42 Å². The van der Waals surface area contributed by atoms with Crippen LogP contribution in [0.15, 0.2) is 57.9 Å². The molecule has 0 aliphatic rings. The minimum atomic E-state index is -3.97. The van der Waals surface area contributed by atoms with Crippen LogP contribution in [0.25, 0.3) is 0 Å². The van der Waals surface area contributed by atoms with Crippen LogP contribution in [0.2, 0.25) is 5.02 Å². The lowest BCUT2D eigenvalue weighted by atomic mass is 10.0. The van der Waals surface area contributed by atoms with Crippen LogP contribution in [0.5, 0.6) is 0 Å². The van der Waals surface area contributed by atoms with Crippen LogP contribution >= 0.6 is 27.5 Å². The Morgan fingerprint density at radius 3 is 2.38 bits per heavy atom. The highest BCUT2D eigenvalue weighted by Gasteiger charge is 2.37. The standard InChI is InChI=1S/C21H25BrClNO4S/c1-4-28-21(25)20(12-15(2)3)24(14-16-6-5-7-18(23)13-16)29(26,27)19-10-8-17(22)9-11-19/h5-11,13,15,20H,4,12,14H2,1-3H3. The molecule has 0 amide bonds. The second kappa shape index (κ2) is 10.6. The predicted octanol–water partition coefficient (Wildman–Crippen LogP) is 5.27. The summed E-state index contributed by atoms with van der Waals surface area (Å²) in [6, 6.07) is 12.4. The molecule has 0 saturated heterocycles. The highest BCUT2D eigenvalue weighted by Crippen LogP contribution is 2.27. The molecule has 1 atom stereocenters. The van der Waals surface area contributed by atoms with Crippen LogP contribution < -0.4 is 0 Å². The maximum absolute atomic E-state index is 13.5. The van der Waals surface area contributed by atoms with E-state index in [0.717, 1.165) is 4.47 Å². The number of hydrogen-bond acceptors (Lipinski definition) is 4. The van der Waals surface area contributed by atoms with Gasteiger partial charge in [0, 0.05) is 16.0 Å². The average molecular weight is 503 g/mol. The molecule has 0 spiro atoms. The third kappa shape index (κ3) is 6.54. The second-order valence-electron chi connectivity index (χ2n) is 7.03. The van der Waals surface area contributed by atoms with E-state index in [1.807, 2.05) is 13.8 Å². The minimum Gasteiger partial charge on any atom is -0.465 e. The summed E-state index contributed by atoms with van der Waals surface area (Å²) in [7, 11) is -3.97. The molecule has 5 nitrogen and oxygen atoms in total. The first kappa shape index (κ1) is 23.9. The Labute approximate surface area is 186 Å². The molecule has 0 N–H and O–H groups in total. The number of benzene rings is 2. The molecule has 0 radical (unpaired) electrons. The van der Waals surface area contributed by atoms with Gasteiger partial charge in [-0.3, -0.25) is 4.79 Å². The molecule has 2 aromatic rings. The first-order chi connectivity index (χ1) is 13.6. The van der Waals surface area contributed by atoms with E-state index in [9.17, 15) is 13.2 Å². The molecule has 8 heteroatoms. The second-order valence-corrected chi connectivity index (χ2v) is 10.3. The summed E-state index contributed by atoms with van der Waals surface area (Å²) < 4.78 is 34.3. The molecule has 0 aliphatic carbocycles. The van der Waals surface area contributed by atoms with Crippen LogP contribution in [0, 0.1) is 5.92 Å². The van der Waals surface area contributed by atoms with Gasteiger partial charge in [0.15, 0.2) is 0 Å². The van der Waals surface area contributed by atoms with Gasteiger partial charge < -0.3 is 4.74 Å². The molecule has 0 heterocycles. The van der Waals surface area contributed by atoms with Gasteiger partial charge in [-0.2, -0.15) is 4.31 Å². The van der Waals surface area contributed by atoms with Crippen molar-refractivity contribution in [1.29, 1.82) is 0 Å². The van der Waals surface area contributed by atoms with E-state index in [1.54, 1.807) is 43.3 Å². The van der Waals surface area contributed by atoms with Gasteiger partial charge in [-0.05, 0) is 61.2 Å². The number of ether oxygens (including phenoxy) is 1. The summed E-state index contributed by atoms with van der Waals surface area (Å²) in [6.07, 6.45) is 0.342. The molecule has 2 aromatic carbocycles. The number of halogens is 2. The number of esters is 1. The number of rotatable bonds is 9. The fourth-order valence-corrected chi connectivity index (χ4v) is 4.99. The Kier molecular flexibility index (Phi) is 8.70. The van der Waals surface area contributed by atoms with Crippen molar-refractivity contribution in [3.8, 4) is 0 Å². The lowest BCUT2D eigenvalue weighted by Gasteiger charge is -2.30. The van der Waals surface area contributed by atoms with Gasteiger partial charge in [-0.1, -0.05) is 53.5 Å². The third-order valence-electron chi connectivity index (χ3n) is 4.25. The lowest BCUT2D eigenvalue weighted by molar-refractivity contribution is -0.148. The van der Waals surface area contributed by atoms with Crippen molar-refractivity contribution in [2.24, 2.45) is 5.92 Å². The SMILES string of the molecule is CCOC(=O)C(CC(C)C)N(Cc1cccc(Cl)c1)S(=O)(=O)c1ccc(Br)cc1. The molecular weight excluding hydrogens is 478 g/mol. The normalized spacial score (nSPS) is 12.9. The highest BCUT2D eigenvalue weighted by atomic mass is 79.9. The van der Waals surface area contributed by atoms with E-state index in [1.165, 1.54) is 16.4 Å². The molecular formula is C21H25BrClNO4S. The van der Waals surface area contributed by atoms with Crippen LogP contribution in [0.3, 0.4) is 0 Å². The Hall–Kier alpha value is -1.41. The zero-order valence-corrected chi connectivity index (χ0v) is 19.8. The maximum atomic E-state index is 13.5. The Morgan fingerprint density at radius 2 is 1.83 bits per heavy atom. The van der Waals surface area contributed by atoms with E-state index < -0.39 is 22.0 Å². The molecule has 0 aromatic heterocycles. The number of sulfonamides is 1. The number of hydrogen-bond donors (Lipinski definition) is 0. The molecule has 158 valence electrons. The van der Waals surface area contributed by atoms with Crippen LogP contribution in [-0.4, -0.2) is 31.3 Å². The fourth-order valence-electron chi connectivity index (χ4n) is 2.94. The van der Waals surface area contributed by atoms with Crippen molar-refractivity contribution < 1.29 is 17.9 Å². The first-order valence-electron chi connectivity index (χ1n) is 9.33. The summed E-state index contributed by atoms with van der Waals surface area (Å²) in [5, 5.41) is 0.500. The van der Waals surface area contributed by atoms with Gasteiger partial charge in [0.25, 0.3) is 0 Å². The van der Waals surface area contributed by atoms with Crippen molar-refractivity contribution in [3.63, 3.8) is 0 Å². The number of carbonyl (C=O) groups is 1. The van der Waals surface area contributed by atoms with E-state index in [-0.39, 0.29) is 24.0 Å². The zero-order chi connectivity index (χ0) is 21.6. The van der Waals surface area contributed by atoms with Gasteiger partial charge in [0.1, 0.15) is 6.04 Å². The number of carbonyl (C=O) groups excluding carboxylic acids is 1. The van der Waals surface area contributed by atoms with E-state index in [4.69, 9.17) is 16.3 Å². The molecule has 29 heavy (non-hydrogen) atoms. The highest BCUT2D eigenvalue weighted by molar-refractivity contribution is 9.10. The van der Waals surface area contributed by atoms with E-state index in [0.29, 0.717) is 17.0 Å². The Bertz CT molecular complexity index is 932. The Morgan fingerprint density at radius 1 is 1.17 bits per heavy atom. The molecule has 0 aliphatic heterocycles. The van der Waals surface area contributed by atoms with Gasteiger partial charge in [0.2, 0.25) is 10.0 Å². The van der Waals surface area contributed by atoms with Crippen LogP contribution in [-0.2, 0) is 26.1 Å². The fraction of sp³-hybridized carbons (Fsp3) is 0.381. The van der Waals surface area contributed by atoms with Gasteiger partial charge in [-0.15, -0.1) is 0 Å². The van der Waals surface area contributed by atoms with Crippen molar-refractivity contribution in [2.75, 3.05) is 6.61 Å². The lowest BCUT2D eigenvalue weighted by Crippen LogP contribution is -2.46. The summed E-state index contributed by atoms with van der Waals surface area (Å²) in [5.74, 6) is -0.463. The topological polar surface area (TPSA) is 63.7 Å². The summed E-state index contributed by atoms with van der Waals surface area (Å²) >= 11 is 9.41. The summed E-state index contributed by atoms with van der Waals surface area (Å²) in [6.45, 7) is 5.77. The van der Waals surface area contributed by atoms with Crippen LogP contribution in [0.1, 0.15) is 32.8 Å². The van der Waals surface area contributed by atoms with Crippen molar-refractivity contribution >= 4 is 43.5 Å². The first-order valence-corrected chi connectivity index (χ1v) is 11.9. The largest absolute Gasteiger partial charge is 0.465 e. The summed E-state index contributed by atoms with van der Waals surface area (Å²) in [4.78, 5) is 12.9. The van der Waals surface area contributed by atoms with Gasteiger partial charge >= 0.3 is 5.97 Å². The van der Waals surface area contributed by atoms with Crippen molar-refractivity contribution in [3.05, 3.63) is 63.6 Å². The Balaban J connectivity index is 2.55. The van der Waals surface area contributed by atoms with E-state index in [2.05, 4.69) is 15.9 Å². The molecule has 1 unspecified atom stereocenters. The molecule has 2 rings (SSSR count). The zero-order valence-electron chi connectivity index (χ0n) is 16.6. The maximum Gasteiger partial charge on any atom is 0.324 e. The number of nitrogens with zero attached hydrogens (tertiary/aromatic N) is 1. The summed E-state index contributed by atoms with van der Waals surface area (Å²) in [5.41, 5.74) is 0.691. The monoisotopic (exact) mass is 501 g/mol. The minimum absolute atomic E-state index is 0.00909. The molecule has 0 saturated carbocycles. The molecule has 0 fully saturated rings. The van der Waals surface area contributed by atoms with Crippen LogP contribution in [0.4, 0.5) is 0 Å². The van der Waals surface area contributed by atoms with Crippen molar-refractivity contribution in [1.82, 2.24) is 4.31 Å². The predicted molar refractivity (Wildman–Crippen MR) is 118 cm³/mol. The van der Waals surface area contributed by atoms with Gasteiger partial charge in [0.05, 0.1) is 11.5 Å². The quantitative estimate of drug-likeness (QED) is 0.438. The van der Waals surface area contributed by atoms with E-state index >= 15 is 0 Å². The smallest absolute Gasteiger partial charge is 0.324 e.